The van der Waals surface area contributed by atoms with Crippen LogP contribution in [0.3, 0.4) is 0 Å². The molecule has 102 valence electrons. The van der Waals surface area contributed by atoms with Gasteiger partial charge in [-0.2, -0.15) is 13.2 Å². The number of halogens is 3. The first-order valence-electron chi connectivity index (χ1n) is 5.16. The number of fused-ring (bicyclic) bond motifs is 1. The summed E-state index contributed by atoms with van der Waals surface area (Å²) in [6.07, 6.45) is -4.47. The van der Waals surface area contributed by atoms with Gasteiger partial charge in [-0.25, -0.2) is 4.79 Å². The van der Waals surface area contributed by atoms with Gasteiger partial charge >= 0.3 is 11.9 Å². The van der Waals surface area contributed by atoms with Crippen LogP contribution in [0.1, 0.15) is 10.4 Å². The van der Waals surface area contributed by atoms with Crippen LogP contribution in [0.2, 0.25) is 0 Å². The highest BCUT2D eigenvalue weighted by Crippen LogP contribution is 2.16. The number of hydrogen-bond donors (Lipinski definition) is 1. The number of carbonyl (C=O) groups is 1. The molecule has 2 rings (SSSR count). The molecular weight excluding hydrogens is 267 g/mol. The SMILES string of the molecule is O=C(COCC(F)(F)F)c1ccc2[nH]c(=O)oc2c1. The van der Waals surface area contributed by atoms with Gasteiger partial charge in [0.25, 0.3) is 0 Å². The summed E-state index contributed by atoms with van der Waals surface area (Å²) >= 11 is 0. The average molecular weight is 275 g/mol. The van der Waals surface area contributed by atoms with Crippen molar-refractivity contribution in [2.45, 2.75) is 6.18 Å². The topological polar surface area (TPSA) is 72.3 Å². The van der Waals surface area contributed by atoms with Gasteiger partial charge < -0.3 is 9.15 Å². The number of Topliss-reactive ketones (excluding diaryl/α,β-unsaturated/α-hetero) is 1. The third-order valence-corrected chi connectivity index (χ3v) is 2.24. The first-order valence-corrected chi connectivity index (χ1v) is 5.16. The number of alkyl halides is 3. The predicted octanol–water partition coefficient (Wildman–Crippen LogP) is 1.88. The Morgan fingerprint density at radius 1 is 1.37 bits per heavy atom. The minimum atomic E-state index is -4.47. The van der Waals surface area contributed by atoms with E-state index < -0.39 is 30.9 Å². The Hall–Kier alpha value is -2.09. The molecule has 0 amide bonds. The molecule has 0 radical (unpaired) electrons. The molecule has 0 aliphatic rings. The number of carbonyl (C=O) groups excluding carboxylic acids is 1. The Morgan fingerprint density at radius 3 is 2.79 bits per heavy atom. The number of oxazole rings is 1. The molecule has 5 nitrogen and oxygen atoms in total. The molecule has 0 aliphatic heterocycles. The molecule has 19 heavy (non-hydrogen) atoms. The molecule has 0 bridgehead atoms. The molecule has 2 aromatic rings. The minimum absolute atomic E-state index is 0.109. The maximum Gasteiger partial charge on any atom is 0.417 e. The van der Waals surface area contributed by atoms with E-state index in [0.717, 1.165) is 0 Å². The van der Waals surface area contributed by atoms with E-state index in [1.807, 2.05) is 0 Å². The van der Waals surface area contributed by atoms with E-state index in [2.05, 4.69) is 9.72 Å². The third kappa shape index (κ3) is 3.44. The quantitative estimate of drug-likeness (QED) is 0.865. The Balaban J connectivity index is 2.07. The second-order valence-corrected chi connectivity index (χ2v) is 3.76. The maximum absolute atomic E-state index is 11.8. The van der Waals surface area contributed by atoms with Crippen LogP contribution in [-0.2, 0) is 4.74 Å². The molecule has 0 atom stereocenters. The van der Waals surface area contributed by atoms with Crippen molar-refractivity contribution in [1.29, 1.82) is 0 Å². The fraction of sp³-hybridized carbons (Fsp3) is 0.273. The molecule has 0 saturated heterocycles. The van der Waals surface area contributed by atoms with Gasteiger partial charge in [-0.3, -0.25) is 9.78 Å². The number of H-pyrrole nitrogens is 1. The molecule has 8 heteroatoms. The first kappa shape index (κ1) is 13.3. The van der Waals surface area contributed by atoms with Crippen molar-refractivity contribution in [2.75, 3.05) is 13.2 Å². The summed E-state index contributed by atoms with van der Waals surface area (Å²) in [6.45, 7) is -2.18. The predicted molar refractivity (Wildman–Crippen MR) is 58.0 cm³/mol. The number of aromatic amines is 1. The Labute approximate surface area is 104 Å². The van der Waals surface area contributed by atoms with E-state index in [0.29, 0.717) is 5.52 Å². The van der Waals surface area contributed by atoms with Crippen LogP contribution in [0.15, 0.2) is 27.4 Å². The van der Waals surface area contributed by atoms with Gasteiger partial charge in [0.1, 0.15) is 13.2 Å². The van der Waals surface area contributed by atoms with E-state index in [4.69, 9.17) is 4.42 Å². The van der Waals surface area contributed by atoms with Crippen molar-refractivity contribution < 1.29 is 27.1 Å². The zero-order valence-electron chi connectivity index (χ0n) is 9.41. The number of nitrogens with one attached hydrogen (secondary N) is 1. The van der Waals surface area contributed by atoms with Crippen LogP contribution < -0.4 is 5.76 Å². The van der Waals surface area contributed by atoms with Crippen LogP contribution in [-0.4, -0.2) is 30.2 Å². The summed E-state index contributed by atoms with van der Waals surface area (Å²) in [4.78, 5) is 24.8. The van der Waals surface area contributed by atoms with Crippen molar-refractivity contribution in [1.82, 2.24) is 4.98 Å². The summed E-state index contributed by atoms with van der Waals surface area (Å²) in [5.74, 6) is -1.30. The molecule has 0 aliphatic carbocycles. The monoisotopic (exact) mass is 275 g/mol. The summed E-state index contributed by atoms with van der Waals surface area (Å²) in [5, 5.41) is 0. The molecule has 1 aromatic carbocycles. The molecule has 1 N–H and O–H groups in total. The molecule has 0 fully saturated rings. The molecule has 0 saturated carbocycles. The van der Waals surface area contributed by atoms with Crippen molar-refractivity contribution in [2.24, 2.45) is 0 Å². The molecule has 0 spiro atoms. The molecule has 1 aromatic heterocycles. The highest BCUT2D eigenvalue weighted by Gasteiger charge is 2.27. The van der Waals surface area contributed by atoms with Gasteiger partial charge in [0, 0.05) is 5.56 Å². The number of ketones is 1. The number of benzene rings is 1. The van der Waals surface area contributed by atoms with Crippen LogP contribution >= 0.6 is 0 Å². The van der Waals surface area contributed by atoms with E-state index >= 15 is 0 Å². The van der Waals surface area contributed by atoms with Crippen LogP contribution in [0.25, 0.3) is 11.1 Å². The number of hydrogen-bond acceptors (Lipinski definition) is 4. The molecule has 0 unspecified atom stereocenters. The van der Waals surface area contributed by atoms with Crippen LogP contribution in [0.4, 0.5) is 13.2 Å². The van der Waals surface area contributed by atoms with Gasteiger partial charge in [0.15, 0.2) is 11.4 Å². The lowest BCUT2D eigenvalue weighted by molar-refractivity contribution is -0.170. The largest absolute Gasteiger partial charge is 0.417 e. The minimum Gasteiger partial charge on any atom is -0.408 e. The average Bonchev–Trinajstić information content (AvgIpc) is 2.65. The second kappa shape index (κ2) is 4.88. The van der Waals surface area contributed by atoms with Crippen molar-refractivity contribution in [3.05, 3.63) is 34.3 Å². The van der Waals surface area contributed by atoms with Crippen LogP contribution in [0, 0.1) is 0 Å². The van der Waals surface area contributed by atoms with E-state index in [9.17, 15) is 22.8 Å². The Kier molecular flexibility index (Phi) is 3.43. The Morgan fingerprint density at radius 2 is 2.11 bits per heavy atom. The van der Waals surface area contributed by atoms with Gasteiger partial charge in [-0.1, -0.05) is 0 Å². The fourth-order valence-corrected chi connectivity index (χ4v) is 1.46. The van der Waals surface area contributed by atoms with Crippen molar-refractivity contribution >= 4 is 16.9 Å². The van der Waals surface area contributed by atoms with Crippen LogP contribution in [0.5, 0.6) is 0 Å². The Bertz CT molecular complexity index is 656. The van der Waals surface area contributed by atoms with E-state index in [1.165, 1.54) is 18.2 Å². The van der Waals surface area contributed by atoms with Crippen molar-refractivity contribution in [3.63, 3.8) is 0 Å². The second-order valence-electron chi connectivity index (χ2n) is 3.76. The summed E-state index contributed by atoms with van der Waals surface area (Å²) in [7, 11) is 0. The van der Waals surface area contributed by atoms with E-state index in [-0.39, 0.29) is 11.1 Å². The number of ether oxygens (including phenoxy) is 1. The van der Waals surface area contributed by atoms with Gasteiger partial charge in [0.05, 0.1) is 5.52 Å². The van der Waals surface area contributed by atoms with Gasteiger partial charge in [-0.15, -0.1) is 0 Å². The number of aromatic nitrogens is 1. The van der Waals surface area contributed by atoms with Gasteiger partial charge in [0.2, 0.25) is 0 Å². The highest BCUT2D eigenvalue weighted by molar-refractivity contribution is 5.99. The normalized spacial score (nSPS) is 11.9. The smallest absolute Gasteiger partial charge is 0.408 e. The van der Waals surface area contributed by atoms with Crippen molar-refractivity contribution in [3.8, 4) is 0 Å². The zero-order chi connectivity index (χ0) is 14.0. The summed E-state index contributed by atoms with van der Waals surface area (Å²) < 4.78 is 44.5. The maximum atomic E-state index is 11.8. The highest BCUT2D eigenvalue weighted by atomic mass is 19.4. The fourth-order valence-electron chi connectivity index (χ4n) is 1.46. The standard InChI is InChI=1S/C11H8F3NO4/c12-11(13,14)5-18-4-8(16)6-1-2-7-9(3-6)19-10(17)15-7/h1-3H,4-5H2,(H,15,17). The zero-order valence-corrected chi connectivity index (χ0v) is 9.41. The summed E-state index contributed by atoms with van der Waals surface area (Å²) in [5.41, 5.74) is 0.668. The van der Waals surface area contributed by atoms with Gasteiger partial charge in [-0.05, 0) is 18.2 Å². The lowest BCUT2D eigenvalue weighted by Crippen LogP contribution is -2.20. The lowest BCUT2D eigenvalue weighted by atomic mass is 10.1. The lowest BCUT2D eigenvalue weighted by Gasteiger charge is -2.06. The molecular formula is C11H8F3NO4. The van der Waals surface area contributed by atoms with E-state index in [1.54, 1.807) is 0 Å². The molecule has 1 heterocycles. The third-order valence-electron chi connectivity index (χ3n) is 2.24. The first-order chi connectivity index (χ1) is 8.85. The summed E-state index contributed by atoms with van der Waals surface area (Å²) in [6, 6.07) is 4.07. The number of rotatable bonds is 4.